The third-order valence-electron chi connectivity index (χ3n) is 12.4. The van der Waals surface area contributed by atoms with Crippen molar-refractivity contribution in [3.63, 3.8) is 0 Å². The first-order valence-electron chi connectivity index (χ1n) is 20.3. The molecule has 0 aliphatic carbocycles. The fourth-order valence-electron chi connectivity index (χ4n) is 9.64. The number of pyridine rings is 2. The molecule has 0 spiro atoms. The van der Waals surface area contributed by atoms with Crippen LogP contribution < -0.4 is 0 Å². The molecule has 3 heteroatoms. The van der Waals surface area contributed by atoms with Gasteiger partial charge in [-0.1, -0.05) is 140 Å². The Hall–Kier alpha value is -7.62. The quantitative estimate of drug-likeness (QED) is 0.132. The van der Waals surface area contributed by atoms with Crippen molar-refractivity contribution in [3.05, 3.63) is 193 Å². The summed E-state index contributed by atoms with van der Waals surface area (Å²) >= 11 is 0. The first kappa shape index (κ1) is 33.5. The third kappa shape index (κ3) is 5.08. The Morgan fingerprint density at radius 3 is 1.98 bits per heavy atom. The van der Waals surface area contributed by atoms with Gasteiger partial charge in [0.05, 0.1) is 27.5 Å². The van der Waals surface area contributed by atoms with Gasteiger partial charge in [-0.25, -0.2) is 4.98 Å². The van der Waals surface area contributed by atoms with Crippen LogP contribution in [0.15, 0.2) is 182 Å². The Labute approximate surface area is 341 Å². The molecular weight excluding hydrogens is 715 g/mol. The summed E-state index contributed by atoms with van der Waals surface area (Å²) < 4.78 is 2.34. The highest BCUT2D eigenvalue weighted by molar-refractivity contribution is 6.24. The average Bonchev–Trinajstić information content (AvgIpc) is 3.68. The van der Waals surface area contributed by atoms with Gasteiger partial charge in [-0.15, -0.1) is 0 Å². The smallest absolute Gasteiger partial charge is 0.148 e. The maximum atomic E-state index is 5.26. The molecule has 12 aromatic rings. The van der Waals surface area contributed by atoms with Crippen molar-refractivity contribution >= 4 is 87.7 Å². The lowest BCUT2D eigenvalue weighted by molar-refractivity contribution is 1.31. The van der Waals surface area contributed by atoms with Gasteiger partial charge in [0.25, 0.3) is 0 Å². The van der Waals surface area contributed by atoms with E-state index >= 15 is 0 Å². The summed E-state index contributed by atoms with van der Waals surface area (Å²) in [6.07, 6.45) is 6.23. The molecule has 276 valence electrons. The van der Waals surface area contributed by atoms with E-state index in [2.05, 4.69) is 194 Å². The van der Waals surface area contributed by atoms with Crippen LogP contribution in [-0.4, -0.2) is 14.4 Å². The fourth-order valence-corrected chi connectivity index (χ4v) is 9.64. The molecule has 0 bridgehead atoms. The van der Waals surface area contributed by atoms with Crippen LogP contribution in [-0.2, 0) is 0 Å². The van der Waals surface area contributed by atoms with Gasteiger partial charge in [0.15, 0.2) is 0 Å². The van der Waals surface area contributed by atoms with Gasteiger partial charge in [0.1, 0.15) is 5.65 Å². The molecule has 0 aliphatic rings. The summed E-state index contributed by atoms with van der Waals surface area (Å²) in [7, 11) is 0. The topological polar surface area (TPSA) is 30.2 Å². The molecule has 0 saturated carbocycles. The zero-order valence-electron chi connectivity index (χ0n) is 32.7. The second kappa shape index (κ2) is 13.0. The lowest BCUT2D eigenvalue weighted by Crippen LogP contribution is -1.95. The Morgan fingerprint density at radius 1 is 0.475 bits per heavy atom. The van der Waals surface area contributed by atoms with Gasteiger partial charge in [-0.2, -0.15) is 0 Å². The molecule has 0 amide bonds. The third-order valence-corrected chi connectivity index (χ3v) is 12.4. The number of fused-ring (bicyclic) bond motifs is 13. The Morgan fingerprint density at radius 2 is 1.12 bits per heavy atom. The number of hydrogen-bond acceptors (Lipinski definition) is 2. The van der Waals surface area contributed by atoms with Gasteiger partial charge in [-0.05, 0) is 139 Å². The molecule has 12 rings (SSSR count). The zero-order chi connectivity index (χ0) is 39.2. The van der Waals surface area contributed by atoms with Crippen LogP contribution in [0.25, 0.3) is 121 Å². The molecular formula is C56H37N3. The van der Waals surface area contributed by atoms with E-state index in [1.54, 1.807) is 0 Å². The minimum atomic E-state index is 0.929. The van der Waals surface area contributed by atoms with Gasteiger partial charge in [0, 0.05) is 17.0 Å². The summed E-state index contributed by atoms with van der Waals surface area (Å²) in [5.41, 5.74) is 14.9. The van der Waals surface area contributed by atoms with Crippen LogP contribution in [0.5, 0.6) is 0 Å². The highest BCUT2D eigenvalue weighted by Gasteiger charge is 2.20. The van der Waals surface area contributed by atoms with Crippen molar-refractivity contribution in [2.75, 3.05) is 0 Å². The number of nitrogens with zero attached hydrogens (tertiary/aromatic N) is 3. The van der Waals surface area contributed by atoms with E-state index in [0.29, 0.717) is 0 Å². The number of hydrogen-bond donors (Lipinski definition) is 0. The van der Waals surface area contributed by atoms with Crippen LogP contribution in [0.1, 0.15) is 18.1 Å². The second-order valence-corrected chi connectivity index (χ2v) is 15.7. The van der Waals surface area contributed by atoms with Crippen molar-refractivity contribution in [1.29, 1.82) is 0 Å². The van der Waals surface area contributed by atoms with Crippen molar-refractivity contribution in [2.45, 2.75) is 13.8 Å². The number of aryl methyl sites for hydroxylation is 1. The Bertz CT molecular complexity index is 3760. The molecule has 0 saturated heterocycles. The monoisotopic (exact) mass is 751 g/mol. The largest absolute Gasteiger partial charge is 0.292 e. The van der Waals surface area contributed by atoms with E-state index in [1.807, 2.05) is 12.3 Å². The highest BCUT2D eigenvalue weighted by atomic mass is 15.0. The van der Waals surface area contributed by atoms with Crippen LogP contribution in [0.3, 0.4) is 0 Å². The fraction of sp³-hybridized carbons (Fsp3) is 0.0357. The minimum absolute atomic E-state index is 0.929. The number of para-hydroxylation sites is 2. The standard InChI is InChI=1S/C56H37N3/c1-3-11-37-30-41(20-19-34(37)2)52-44-15-6-7-16-45(44)53(42-22-21-35-12-4-5-13-38(35)31-42)48-32-39(25-28-47(48)52)40-24-26-43-46-27-23-36-14-10-29-57-55(36)54(46)56-58-49-17-8-9-18-50(49)59(56)51(43)33-40/h3-33H,1-2H3/b11-3-. The number of allylic oxidation sites excluding steroid dienone is 1. The van der Waals surface area contributed by atoms with Crippen LogP contribution >= 0.6 is 0 Å². The van der Waals surface area contributed by atoms with Gasteiger partial charge in [-0.3, -0.25) is 9.38 Å². The first-order chi connectivity index (χ1) is 29.1. The predicted octanol–water partition coefficient (Wildman–Crippen LogP) is 15.1. The maximum absolute atomic E-state index is 5.26. The molecule has 59 heavy (non-hydrogen) atoms. The maximum Gasteiger partial charge on any atom is 0.148 e. The summed E-state index contributed by atoms with van der Waals surface area (Å²) in [6.45, 7) is 4.28. The molecule has 0 atom stereocenters. The summed E-state index contributed by atoms with van der Waals surface area (Å²) in [6, 6.07) is 62.5. The molecule has 3 aromatic heterocycles. The van der Waals surface area contributed by atoms with Gasteiger partial charge in [0.2, 0.25) is 0 Å². The summed E-state index contributed by atoms with van der Waals surface area (Å²) in [4.78, 5) is 10.2. The number of rotatable bonds is 4. The molecule has 0 unspecified atom stereocenters. The lowest BCUT2D eigenvalue weighted by atomic mass is 9.84. The molecule has 0 aliphatic heterocycles. The van der Waals surface area contributed by atoms with Crippen molar-refractivity contribution in [1.82, 2.24) is 14.4 Å². The summed E-state index contributed by atoms with van der Waals surface area (Å²) in [5.74, 6) is 0. The SMILES string of the molecule is C/C=C\c1cc(-c2c3ccccc3c(-c3ccc4ccccc4c3)c3cc(-c4ccc5c6ccc7cccnc7c6c6nc7ccccc7n6c5c4)ccc23)ccc1C. The normalized spacial score (nSPS) is 12.2. The predicted molar refractivity (Wildman–Crippen MR) is 251 cm³/mol. The average molecular weight is 752 g/mol. The first-order valence-corrected chi connectivity index (χ1v) is 20.3. The van der Waals surface area contributed by atoms with E-state index in [1.165, 1.54) is 76.6 Å². The van der Waals surface area contributed by atoms with Crippen molar-refractivity contribution < 1.29 is 0 Å². The molecule has 9 aromatic carbocycles. The van der Waals surface area contributed by atoms with E-state index in [0.717, 1.165) is 49.4 Å². The second-order valence-electron chi connectivity index (χ2n) is 15.7. The molecule has 3 nitrogen and oxygen atoms in total. The van der Waals surface area contributed by atoms with Crippen molar-refractivity contribution in [3.8, 4) is 33.4 Å². The Balaban J connectivity index is 1.18. The van der Waals surface area contributed by atoms with Crippen LogP contribution in [0.2, 0.25) is 0 Å². The van der Waals surface area contributed by atoms with E-state index in [-0.39, 0.29) is 0 Å². The van der Waals surface area contributed by atoms with Crippen molar-refractivity contribution in [2.24, 2.45) is 0 Å². The number of aromatic nitrogens is 3. The minimum Gasteiger partial charge on any atom is -0.292 e. The van der Waals surface area contributed by atoms with Gasteiger partial charge < -0.3 is 0 Å². The van der Waals surface area contributed by atoms with E-state index < -0.39 is 0 Å². The molecule has 3 heterocycles. The van der Waals surface area contributed by atoms with E-state index in [9.17, 15) is 0 Å². The van der Waals surface area contributed by atoms with Crippen LogP contribution in [0, 0.1) is 6.92 Å². The number of benzene rings is 9. The zero-order valence-corrected chi connectivity index (χ0v) is 32.7. The number of imidazole rings is 1. The lowest BCUT2D eigenvalue weighted by Gasteiger charge is -2.20. The summed E-state index contributed by atoms with van der Waals surface area (Å²) in [5, 5.41) is 12.0. The highest BCUT2D eigenvalue weighted by Crippen LogP contribution is 2.46. The van der Waals surface area contributed by atoms with Gasteiger partial charge >= 0.3 is 0 Å². The molecule has 0 N–H and O–H groups in total. The van der Waals surface area contributed by atoms with E-state index in [4.69, 9.17) is 9.97 Å². The molecule has 0 radical (unpaired) electrons. The molecule has 0 fully saturated rings. The van der Waals surface area contributed by atoms with Crippen LogP contribution in [0.4, 0.5) is 0 Å². The Kier molecular flexibility index (Phi) is 7.36.